The lowest BCUT2D eigenvalue weighted by Crippen LogP contribution is -2.29. The summed E-state index contributed by atoms with van der Waals surface area (Å²) in [5, 5.41) is 17.8. The third-order valence-electron chi connectivity index (χ3n) is 2.49. The van der Waals surface area contributed by atoms with Crippen LogP contribution in [0.25, 0.3) is 0 Å². The average Bonchev–Trinajstić information content (AvgIpc) is 2.16. The number of hydrogen-bond donors (Lipinski definition) is 2. The van der Waals surface area contributed by atoms with E-state index in [2.05, 4.69) is 11.8 Å². The second kappa shape index (κ2) is 4.60. The van der Waals surface area contributed by atoms with Crippen LogP contribution in [-0.4, -0.2) is 36.2 Å². The molecule has 1 atom stereocenters. The molecule has 0 bridgehead atoms. The van der Waals surface area contributed by atoms with E-state index in [-0.39, 0.29) is 0 Å². The van der Waals surface area contributed by atoms with Gasteiger partial charge in [-0.2, -0.15) is 0 Å². The van der Waals surface area contributed by atoms with Crippen molar-refractivity contribution in [2.75, 3.05) is 14.1 Å². The fourth-order valence-electron chi connectivity index (χ4n) is 1.24. The van der Waals surface area contributed by atoms with E-state index in [0.29, 0.717) is 11.5 Å². The van der Waals surface area contributed by atoms with Gasteiger partial charge in [0.2, 0.25) is 0 Å². The van der Waals surface area contributed by atoms with Gasteiger partial charge in [0.15, 0.2) is 0 Å². The quantitative estimate of drug-likeness (QED) is 0.663. The van der Waals surface area contributed by atoms with Crippen molar-refractivity contribution in [1.82, 2.24) is 4.90 Å². The van der Waals surface area contributed by atoms with Gasteiger partial charge in [0.1, 0.15) is 0 Å². The zero-order chi connectivity index (χ0) is 10.7. The molecule has 0 amide bonds. The molecule has 0 radical (unpaired) electrons. The van der Waals surface area contributed by atoms with E-state index in [0.717, 1.165) is 0 Å². The molecule has 0 fully saturated rings. The van der Waals surface area contributed by atoms with Crippen molar-refractivity contribution in [3.63, 3.8) is 0 Å². The molecule has 0 unspecified atom stereocenters. The van der Waals surface area contributed by atoms with Crippen molar-refractivity contribution < 1.29 is 10.0 Å². The maximum absolute atomic E-state index is 8.91. The Morgan fingerprint density at radius 2 is 1.64 bits per heavy atom. The van der Waals surface area contributed by atoms with Crippen LogP contribution in [0, 0.1) is 0 Å². The predicted octanol–water partition coefficient (Wildman–Crippen LogP) is -0.0110. The molecule has 76 valence electrons. The summed E-state index contributed by atoms with van der Waals surface area (Å²) in [7, 11) is 2.65. The SMILES string of the molecule is C[C@H](c1ccc(B(O)O)cc1)N(C)C. The summed E-state index contributed by atoms with van der Waals surface area (Å²) < 4.78 is 0. The summed E-state index contributed by atoms with van der Waals surface area (Å²) in [6.07, 6.45) is 0. The van der Waals surface area contributed by atoms with Crippen LogP contribution in [0.2, 0.25) is 0 Å². The summed E-state index contributed by atoms with van der Waals surface area (Å²) in [6.45, 7) is 2.10. The molecule has 1 rings (SSSR count). The Kier molecular flexibility index (Phi) is 3.69. The Morgan fingerprint density at radius 3 is 2.00 bits per heavy atom. The summed E-state index contributed by atoms with van der Waals surface area (Å²) in [4.78, 5) is 2.10. The monoisotopic (exact) mass is 193 g/mol. The van der Waals surface area contributed by atoms with E-state index >= 15 is 0 Å². The standard InChI is InChI=1S/C10H16BNO2/c1-8(12(2)3)9-4-6-10(7-5-9)11(13)14/h4-8,13-14H,1-3H3/t8-/m1/s1. The summed E-state index contributed by atoms with van der Waals surface area (Å²) in [5.74, 6) is 0. The molecule has 0 aliphatic rings. The fraction of sp³-hybridized carbons (Fsp3) is 0.400. The fourth-order valence-corrected chi connectivity index (χ4v) is 1.24. The van der Waals surface area contributed by atoms with E-state index in [1.165, 1.54) is 5.56 Å². The third-order valence-corrected chi connectivity index (χ3v) is 2.49. The summed E-state index contributed by atoms with van der Waals surface area (Å²) >= 11 is 0. The van der Waals surface area contributed by atoms with Gasteiger partial charge >= 0.3 is 7.12 Å². The minimum atomic E-state index is -1.38. The number of hydrogen-bond acceptors (Lipinski definition) is 3. The Labute approximate surface area is 85.1 Å². The Morgan fingerprint density at radius 1 is 1.14 bits per heavy atom. The van der Waals surface area contributed by atoms with E-state index in [1.807, 2.05) is 26.2 Å². The molecule has 0 saturated carbocycles. The first-order valence-corrected chi connectivity index (χ1v) is 4.65. The molecule has 0 aromatic heterocycles. The van der Waals surface area contributed by atoms with Gasteiger partial charge in [-0.05, 0) is 32.0 Å². The van der Waals surface area contributed by atoms with Gasteiger partial charge in [0.05, 0.1) is 0 Å². The molecule has 1 aromatic carbocycles. The summed E-state index contributed by atoms with van der Waals surface area (Å²) in [5.41, 5.74) is 1.69. The largest absolute Gasteiger partial charge is 0.488 e. The molecule has 1 aromatic rings. The van der Waals surface area contributed by atoms with E-state index in [4.69, 9.17) is 10.0 Å². The molecular formula is C10H16BNO2. The number of benzene rings is 1. The van der Waals surface area contributed by atoms with Crippen LogP contribution in [0.1, 0.15) is 18.5 Å². The van der Waals surface area contributed by atoms with Crippen LogP contribution < -0.4 is 5.46 Å². The molecule has 3 nitrogen and oxygen atoms in total. The first kappa shape index (κ1) is 11.2. The predicted molar refractivity (Wildman–Crippen MR) is 58.4 cm³/mol. The highest BCUT2D eigenvalue weighted by atomic mass is 16.4. The van der Waals surface area contributed by atoms with Gasteiger partial charge in [0, 0.05) is 6.04 Å². The first-order valence-electron chi connectivity index (χ1n) is 4.65. The van der Waals surface area contributed by atoms with Crippen LogP contribution in [0.5, 0.6) is 0 Å². The smallest absolute Gasteiger partial charge is 0.423 e. The molecular weight excluding hydrogens is 177 g/mol. The maximum atomic E-state index is 8.91. The van der Waals surface area contributed by atoms with E-state index in [9.17, 15) is 0 Å². The lowest BCUT2D eigenvalue weighted by molar-refractivity contribution is 0.321. The molecule has 0 saturated heterocycles. The van der Waals surface area contributed by atoms with E-state index < -0.39 is 7.12 Å². The molecule has 0 heterocycles. The molecule has 0 aliphatic carbocycles. The second-order valence-corrected chi connectivity index (χ2v) is 3.68. The lowest BCUT2D eigenvalue weighted by atomic mass is 9.80. The first-order chi connectivity index (χ1) is 6.52. The summed E-state index contributed by atoms with van der Waals surface area (Å²) in [6, 6.07) is 7.64. The highest BCUT2D eigenvalue weighted by Crippen LogP contribution is 2.15. The van der Waals surface area contributed by atoms with Crippen LogP contribution in [0.3, 0.4) is 0 Å². The molecule has 0 spiro atoms. The number of nitrogens with zero attached hydrogens (tertiary/aromatic N) is 1. The maximum Gasteiger partial charge on any atom is 0.488 e. The average molecular weight is 193 g/mol. The van der Waals surface area contributed by atoms with Crippen molar-refractivity contribution in [1.29, 1.82) is 0 Å². The van der Waals surface area contributed by atoms with Crippen molar-refractivity contribution in [3.8, 4) is 0 Å². The third kappa shape index (κ3) is 2.58. The number of rotatable bonds is 3. The van der Waals surface area contributed by atoms with Gasteiger partial charge in [-0.3, -0.25) is 0 Å². The van der Waals surface area contributed by atoms with Crippen LogP contribution in [0.4, 0.5) is 0 Å². The molecule has 14 heavy (non-hydrogen) atoms. The highest BCUT2D eigenvalue weighted by molar-refractivity contribution is 6.58. The molecule has 4 heteroatoms. The Bertz CT molecular complexity index is 285. The minimum Gasteiger partial charge on any atom is -0.423 e. The van der Waals surface area contributed by atoms with Crippen molar-refractivity contribution in [2.24, 2.45) is 0 Å². The van der Waals surface area contributed by atoms with Gasteiger partial charge in [-0.1, -0.05) is 24.3 Å². The minimum absolute atomic E-state index is 0.333. The topological polar surface area (TPSA) is 43.7 Å². The Balaban J connectivity index is 2.83. The van der Waals surface area contributed by atoms with Crippen molar-refractivity contribution in [2.45, 2.75) is 13.0 Å². The van der Waals surface area contributed by atoms with Crippen molar-refractivity contribution >= 4 is 12.6 Å². The second-order valence-electron chi connectivity index (χ2n) is 3.68. The highest BCUT2D eigenvalue weighted by Gasteiger charge is 2.12. The van der Waals surface area contributed by atoms with Gasteiger partial charge in [-0.15, -0.1) is 0 Å². The zero-order valence-electron chi connectivity index (χ0n) is 8.81. The normalized spacial score (nSPS) is 13.0. The van der Waals surface area contributed by atoms with Crippen molar-refractivity contribution in [3.05, 3.63) is 29.8 Å². The Hall–Kier alpha value is -0.835. The van der Waals surface area contributed by atoms with Gasteiger partial charge in [0.25, 0.3) is 0 Å². The molecule has 2 N–H and O–H groups in total. The van der Waals surface area contributed by atoms with Crippen LogP contribution in [-0.2, 0) is 0 Å². The molecule has 0 aliphatic heterocycles. The van der Waals surface area contributed by atoms with Gasteiger partial charge < -0.3 is 14.9 Å². The van der Waals surface area contributed by atoms with E-state index in [1.54, 1.807) is 12.1 Å². The van der Waals surface area contributed by atoms with Gasteiger partial charge in [-0.25, -0.2) is 0 Å². The van der Waals surface area contributed by atoms with Crippen LogP contribution >= 0.6 is 0 Å². The lowest BCUT2D eigenvalue weighted by Gasteiger charge is -2.20. The zero-order valence-corrected chi connectivity index (χ0v) is 8.81. The van der Waals surface area contributed by atoms with Crippen LogP contribution in [0.15, 0.2) is 24.3 Å².